The Kier molecular flexibility index (Phi) is 7.50. The molecule has 1 fully saturated rings. The molecule has 0 spiro atoms. The van der Waals surface area contributed by atoms with Crippen molar-refractivity contribution in [2.24, 2.45) is 0 Å². The van der Waals surface area contributed by atoms with Gasteiger partial charge in [0.15, 0.2) is 0 Å². The Morgan fingerprint density at radius 1 is 1.33 bits per heavy atom. The Labute approximate surface area is 137 Å². The van der Waals surface area contributed by atoms with E-state index in [4.69, 9.17) is 14.6 Å². The Bertz CT molecular complexity index is 537. The molecule has 134 valence electrons. The van der Waals surface area contributed by atoms with Crippen LogP contribution >= 0.6 is 0 Å². The lowest BCUT2D eigenvalue weighted by Crippen LogP contribution is -2.52. The summed E-state index contributed by atoms with van der Waals surface area (Å²) < 4.78 is 37.0. The normalized spacial score (nSPS) is 17.5. The van der Waals surface area contributed by atoms with E-state index in [0.29, 0.717) is 6.61 Å². The van der Waals surface area contributed by atoms with E-state index < -0.39 is 12.1 Å². The first-order valence-electron chi connectivity index (χ1n) is 7.20. The lowest BCUT2D eigenvalue weighted by molar-refractivity contribution is -0.192. The maximum atomic E-state index is 11.9. The standard InChI is InChI=1S/C13H18N2O2.C2HF3O2/c1-11-9-14-7-8-15(11)13(16)17-10-12-5-3-2-4-6-12;3-2(4,5)1(6)7/h2-6,11,14H,7-10H2,1H3;(H,6,7)/t11-;/m0./s1. The molecule has 1 aromatic carbocycles. The van der Waals surface area contributed by atoms with Gasteiger partial charge in [0.05, 0.1) is 0 Å². The minimum Gasteiger partial charge on any atom is -0.475 e. The zero-order chi connectivity index (χ0) is 18.2. The molecular weight excluding hydrogens is 329 g/mol. The molecule has 9 heteroatoms. The van der Waals surface area contributed by atoms with Crippen molar-refractivity contribution in [1.82, 2.24) is 10.2 Å². The lowest BCUT2D eigenvalue weighted by Gasteiger charge is -2.32. The molecule has 1 saturated heterocycles. The number of nitrogens with zero attached hydrogens (tertiary/aromatic N) is 1. The van der Waals surface area contributed by atoms with E-state index in [2.05, 4.69) is 5.32 Å². The summed E-state index contributed by atoms with van der Waals surface area (Å²) in [7, 11) is 0. The van der Waals surface area contributed by atoms with Crippen LogP contribution in [-0.2, 0) is 16.1 Å². The fourth-order valence-corrected chi connectivity index (χ4v) is 1.91. The number of carbonyl (C=O) groups excluding carboxylic acids is 1. The van der Waals surface area contributed by atoms with Crippen molar-refractivity contribution in [3.63, 3.8) is 0 Å². The second-order valence-corrected chi connectivity index (χ2v) is 5.09. The molecule has 24 heavy (non-hydrogen) atoms. The second-order valence-electron chi connectivity index (χ2n) is 5.09. The number of hydrogen-bond acceptors (Lipinski definition) is 4. The molecule has 6 nitrogen and oxygen atoms in total. The highest BCUT2D eigenvalue weighted by atomic mass is 19.4. The Balaban J connectivity index is 0.000000351. The second kappa shape index (κ2) is 9.11. The molecule has 2 N–H and O–H groups in total. The van der Waals surface area contributed by atoms with Gasteiger partial charge in [-0.05, 0) is 12.5 Å². The number of carboxylic acids is 1. The molecule has 0 saturated carbocycles. The van der Waals surface area contributed by atoms with Crippen molar-refractivity contribution in [1.29, 1.82) is 0 Å². The number of piperazine rings is 1. The number of carbonyl (C=O) groups is 2. The number of carboxylic acid groups (broad SMARTS) is 1. The van der Waals surface area contributed by atoms with Crippen LogP contribution in [0.15, 0.2) is 30.3 Å². The van der Waals surface area contributed by atoms with Crippen LogP contribution in [0.25, 0.3) is 0 Å². The lowest BCUT2D eigenvalue weighted by atomic mass is 10.2. The van der Waals surface area contributed by atoms with Gasteiger partial charge in [-0.25, -0.2) is 9.59 Å². The van der Waals surface area contributed by atoms with Gasteiger partial charge in [-0.15, -0.1) is 0 Å². The van der Waals surface area contributed by atoms with E-state index >= 15 is 0 Å². The molecule has 1 aliphatic heterocycles. The third kappa shape index (κ3) is 6.86. The van der Waals surface area contributed by atoms with Crippen LogP contribution in [0.4, 0.5) is 18.0 Å². The molecule has 0 bridgehead atoms. The maximum absolute atomic E-state index is 11.9. The predicted molar refractivity (Wildman–Crippen MR) is 79.4 cm³/mol. The van der Waals surface area contributed by atoms with Crippen molar-refractivity contribution in [3.8, 4) is 0 Å². The van der Waals surface area contributed by atoms with Crippen LogP contribution in [0.5, 0.6) is 0 Å². The van der Waals surface area contributed by atoms with Gasteiger partial charge in [0, 0.05) is 25.7 Å². The fourth-order valence-electron chi connectivity index (χ4n) is 1.91. The molecule has 1 atom stereocenters. The third-order valence-electron chi connectivity index (χ3n) is 3.18. The molecular formula is C15H19F3N2O4. The average Bonchev–Trinajstić information content (AvgIpc) is 2.54. The van der Waals surface area contributed by atoms with Crippen LogP contribution in [-0.4, -0.2) is 53.9 Å². The molecule has 1 aliphatic rings. The number of alkyl halides is 3. The van der Waals surface area contributed by atoms with Gasteiger partial charge in [-0.1, -0.05) is 30.3 Å². The van der Waals surface area contributed by atoms with Crippen molar-refractivity contribution >= 4 is 12.1 Å². The summed E-state index contributed by atoms with van der Waals surface area (Å²) in [5, 5.41) is 10.4. The molecule has 0 unspecified atom stereocenters. The van der Waals surface area contributed by atoms with Gasteiger partial charge in [-0.3, -0.25) is 0 Å². The first kappa shape index (κ1) is 19.8. The van der Waals surface area contributed by atoms with Crippen molar-refractivity contribution in [2.45, 2.75) is 25.7 Å². The van der Waals surface area contributed by atoms with Gasteiger partial charge in [0.25, 0.3) is 0 Å². The molecule has 1 amide bonds. The molecule has 0 aromatic heterocycles. The number of benzene rings is 1. The van der Waals surface area contributed by atoms with E-state index in [-0.39, 0.29) is 12.1 Å². The molecule has 1 heterocycles. The highest BCUT2D eigenvalue weighted by molar-refractivity contribution is 5.73. The third-order valence-corrected chi connectivity index (χ3v) is 3.18. The van der Waals surface area contributed by atoms with Crippen molar-refractivity contribution in [3.05, 3.63) is 35.9 Å². The number of aliphatic carboxylic acids is 1. The number of ether oxygens (including phenoxy) is 1. The van der Waals surface area contributed by atoms with Gasteiger partial charge < -0.3 is 20.1 Å². The monoisotopic (exact) mass is 348 g/mol. The highest BCUT2D eigenvalue weighted by Gasteiger charge is 2.38. The number of amides is 1. The quantitative estimate of drug-likeness (QED) is 0.857. The topological polar surface area (TPSA) is 78.9 Å². The van der Waals surface area contributed by atoms with E-state index in [1.165, 1.54) is 0 Å². The maximum Gasteiger partial charge on any atom is 0.490 e. The molecule has 0 aliphatic carbocycles. The zero-order valence-electron chi connectivity index (χ0n) is 13.0. The highest BCUT2D eigenvalue weighted by Crippen LogP contribution is 2.13. The number of hydrogen-bond donors (Lipinski definition) is 2. The first-order valence-corrected chi connectivity index (χ1v) is 7.20. The van der Waals surface area contributed by atoms with Crippen LogP contribution in [0.3, 0.4) is 0 Å². The van der Waals surface area contributed by atoms with Gasteiger partial charge in [0.1, 0.15) is 6.61 Å². The predicted octanol–water partition coefficient (Wildman–Crippen LogP) is 2.25. The number of halogens is 3. The zero-order valence-corrected chi connectivity index (χ0v) is 13.0. The van der Waals surface area contributed by atoms with Gasteiger partial charge in [0.2, 0.25) is 0 Å². The van der Waals surface area contributed by atoms with Crippen molar-refractivity contribution in [2.75, 3.05) is 19.6 Å². The largest absolute Gasteiger partial charge is 0.490 e. The van der Waals surface area contributed by atoms with E-state index in [1.807, 2.05) is 37.3 Å². The Hall–Kier alpha value is -2.29. The summed E-state index contributed by atoms with van der Waals surface area (Å²) in [6, 6.07) is 9.94. The van der Waals surface area contributed by atoms with Crippen LogP contribution < -0.4 is 5.32 Å². The Morgan fingerprint density at radius 3 is 2.42 bits per heavy atom. The number of nitrogens with one attached hydrogen (secondary N) is 1. The summed E-state index contributed by atoms with van der Waals surface area (Å²) >= 11 is 0. The fraction of sp³-hybridized carbons (Fsp3) is 0.467. The molecule has 1 aromatic rings. The summed E-state index contributed by atoms with van der Waals surface area (Å²) in [5.74, 6) is -2.76. The summed E-state index contributed by atoms with van der Waals surface area (Å²) in [4.78, 5) is 22.5. The van der Waals surface area contributed by atoms with Crippen LogP contribution in [0.2, 0.25) is 0 Å². The van der Waals surface area contributed by atoms with Crippen LogP contribution in [0.1, 0.15) is 12.5 Å². The van der Waals surface area contributed by atoms with Gasteiger partial charge >= 0.3 is 18.2 Å². The number of rotatable bonds is 2. The molecule has 2 rings (SSSR count). The SMILES string of the molecule is C[C@H]1CNCCN1C(=O)OCc1ccccc1.O=C(O)C(F)(F)F. The minimum atomic E-state index is -5.08. The van der Waals surface area contributed by atoms with Crippen LogP contribution in [0, 0.1) is 0 Å². The van der Waals surface area contributed by atoms with E-state index in [9.17, 15) is 18.0 Å². The van der Waals surface area contributed by atoms with Gasteiger partial charge in [-0.2, -0.15) is 13.2 Å². The smallest absolute Gasteiger partial charge is 0.475 e. The average molecular weight is 348 g/mol. The Morgan fingerprint density at radius 2 is 1.92 bits per heavy atom. The molecule has 0 radical (unpaired) electrons. The van der Waals surface area contributed by atoms with Crippen molar-refractivity contribution < 1.29 is 32.6 Å². The summed E-state index contributed by atoms with van der Waals surface area (Å²) in [6.07, 6.45) is -5.30. The van der Waals surface area contributed by atoms with E-state index in [1.54, 1.807) is 4.90 Å². The van der Waals surface area contributed by atoms with E-state index in [0.717, 1.165) is 25.2 Å². The summed E-state index contributed by atoms with van der Waals surface area (Å²) in [6.45, 7) is 4.76. The first-order chi connectivity index (χ1) is 11.2. The summed E-state index contributed by atoms with van der Waals surface area (Å²) in [5.41, 5.74) is 1.02. The minimum absolute atomic E-state index is 0.201.